The summed E-state index contributed by atoms with van der Waals surface area (Å²) < 4.78 is 13.1. The van der Waals surface area contributed by atoms with Gasteiger partial charge in [0.15, 0.2) is 0 Å². The lowest BCUT2D eigenvalue weighted by molar-refractivity contribution is -0.116. The minimum Gasteiger partial charge on any atom is -0.326 e. The van der Waals surface area contributed by atoms with Gasteiger partial charge in [0.1, 0.15) is 5.82 Å². The summed E-state index contributed by atoms with van der Waals surface area (Å²) in [4.78, 5) is 11.9. The van der Waals surface area contributed by atoms with E-state index in [4.69, 9.17) is 0 Å². The molecule has 1 saturated heterocycles. The van der Waals surface area contributed by atoms with Crippen LogP contribution < -0.4 is 10.6 Å². The summed E-state index contributed by atoms with van der Waals surface area (Å²) in [5.74, 6) is 1.65. The van der Waals surface area contributed by atoms with Gasteiger partial charge in [0.25, 0.3) is 0 Å². The summed E-state index contributed by atoms with van der Waals surface area (Å²) in [7, 11) is 0. The molecule has 1 heterocycles. The van der Waals surface area contributed by atoms with Crippen LogP contribution in [0.1, 0.15) is 12.0 Å². The minimum atomic E-state index is -0.331. The molecule has 1 aromatic rings. The second kappa shape index (κ2) is 6.20. The Kier molecular flexibility index (Phi) is 4.60. The maximum absolute atomic E-state index is 13.1. The second-order valence-corrected chi connectivity index (χ2v) is 5.59. The summed E-state index contributed by atoms with van der Waals surface area (Å²) in [6, 6.07) is 4.64. The first-order valence-corrected chi connectivity index (χ1v) is 7.18. The molecule has 3 nitrogen and oxygen atoms in total. The fraction of sp³-hybridized carbons (Fsp3) is 0.462. The van der Waals surface area contributed by atoms with Gasteiger partial charge in [-0.15, -0.1) is 0 Å². The van der Waals surface area contributed by atoms with Gasteiger partial charge in [-0.25, -0.2) is 4.39 Å². The first-order valence-electron chi connectivity index (χ1n) is 6.02. The SMILES string of the molecule is Cc1ccc(F)cc1NC(=O)CC1CSCCN1. The number of halogens is 1. The van der Waals surface area contributed by atoms with E-state index in [-0.39, 0.29) is 17.8 Å². The van der Waals surface area contributed by atoms with Crippen LogP contribution in [0.2, 0.25) is 0 Å². The van der Waals surface area contributed by atoms with Gasteiger partial charge < -0.3 is 10.6 Å². The minimum absolute atomic E-state index is 0.0660. The highest BCUT2D eigenvalue weighted by molar-refractivity contribution is 7.99. The maximum atomic E-state index is 13.1. The first-order chi connectivity index (χ1) is 8.65. The highest BCUT2D eigenvalue weighted by Crippen LogP contribution is 2.17. The summed E-state index contributed by atoms with van der Waals surface area (Å²) in [5, 5.41) is 6.08. The lowest BCUT2D eigenvalue weighted by Gasteiger charge is -2.22. The number of carbonyl (C=O) groups excluding carboxylic acids is 1. The number of benzene rings is 1. The normalized spacial score (nSPS) is 19.6. The molecule has 0 spiro atoms. The summed E-state index contributed by atoms with van der Waals surface area (Å²) >= 11 is 1.85. The molecule has 1 aliphatic rings. The number of aryl methyl sites for hydroxylation is 1. The predicted molar refractivity (Wildman–Crippen MR) is 73.5 cm³/mol. The Morgan fingerprint density at radius 3 is 3.17 bits per heavy atom. The highest BCUT2D eigenvalue weighted by atomic mass is 32.2. The Morgan fingerprint density at radius 1 is 1.61 bits per heavy atom. The van der Waals surface area contributed by atoms with Gasteiger partial charge in [0.2, 0.25) is 5.91 Å². The third kappa shape index (κ3) is 3.71. The molecular weight excluding hydrogens is 251 g/mol. The molecule has 2 rings (SSSR count). The van der Waals surface area contributed by atoms with Crippen LogP contribution in [-0.4, -0.2) is 30.0 Å². The van der Waals surface area contributed by atoms with Crippen LogP contribution in [0.5, 0.6) is 0 Å². The van der Waals surface area contributed by atoms with Crippen LogP contribution in [0.15, 0.2) is 18.2 Å². The number of hydrogen-bond acceptors (Lipinski definition) is 3. The van der Waals surface area contributed by atoms with Crippen LogP contribution >= 0.6 is 11.8 Å². The van der Waals surface area contributed by atoms with Gasteiger partial charge in [0, 0.05) is 36.2 Å². The summed E-state index contributed by atoms with van der Waals surface area (Å²) in [6.45, 7) is 2.80. The van der Waals surface area contributed by atoms with Gasteiger partial charge in [0.05, 0.1) is 0 Å². The number of hydrogen-bond donors (Lipinski definition) is 2. The molecule has 5 heteroatoms. The van der Waals surface area contributed by atoms with E-state index in [1.54, 1.807) is 6.07 Å². The standard InChI is InChI=1S/C13H17FN2OS/c1-9-2-3-10(14)6-12(9)16-13(17)7-11-8-18-5-4-15-11/h2-3,6,11,15H,4-5,7-8H2,1H3,(H,16,17). The van der Waals surface area contributed by atoms with Gasteiger partial charge in [-0.3, -0.25) is 4.79 Å². The van der Waals surface area contributed by atoms with Crippen LogP contribution in [0.25, 0.3) is 0 Å². The third-order valence-corrected chi connectivity index (χ3v) is 4.03. The fourth-order valence-corrected chi connectivity index (χ4v) is 2.85. The van der Waals surface area contributed by atoms with E-state index in [1.165, 1.54) is 12.1 Å². The zero-order chi connectivity index (χ0) is 13.0. The van der Waals surface area contributed by atoms with E-state index >= 15 is 0 Å². The van der Waals surface area contributed by atoms with Crippen LogP contribution in [0.3, 0.4) is 0 Å². The Balaban J connectivity index is 1.92. The van der Waals surface area contributed by atoms with Gasteiger partial charge in [-0.1, -0.05) is 6.07 Å². The fourth-order valence-electron chi connectivity index (χ4n) is 1.90. The maximum Gasteiger partial charge on any atom is 0.225 e. The Labute approximate surface area is 111 Å². The number of carbonyl (C=O) groups is 1. The van der Waals surface area contributed by atoms with Crippen molar-refractivity contribution in [3.63, 3.8) is 0 Å². The molecule has 2 N–H and O–H groups in total. The molecule has 1 aromatic carbocycles. The van der Waals surface area contributed by atoms with Crippen molar-refractivity contribution in [3.05, 3.63) is 29.6 Å². The molecule has 0 aromatic heterocycles. The van der Waals surface area contributed by atoms with Crippen molar-refractivity contribution < 1.29 is 9.18 Å². The lowest BCUT2D eigenvalue weighted by atomic mass is 10.1. The first kappa shape index (κ1) is 13.4. The predicted octanol–water partition coefficient (Wildman–Crippen LogP) is 2.17. The molecule has 18 heavy (non-hydrogen) atoms. The number of thioether (sulfide) groups is 1. The molecule has 1 aliphatic heterocycles. The van der Waals surface area contributed by atoms with Gasteiger partial charge in [-0.05, 0) is 24.6 Å². The largest absolute Gasteiger partial charge is 0.326 e. The molecule has 1 unspecified atom stereocenters. The Morgan fingerprint density at radius 2 is 2.44 bits per heavy atom. The van der Waals surface area contributed by atoms with Gasteiger partial charge >= 0.3 is 0 Å². The van der Waals surface area contributed by atoms with Crippen molar-refractivity contribution in [2.45, 2.75) is 19.4 Å². The van der Waals surface area contributed by atoms with E-state index in [2.05, 4.69) is 10.6 Å². The molecule has 98 valence electrons. The summed E-state index contributed by atoms with van der Waals surface area (Å²) in [6.07, 6.45) is 0.433. The molecule has 1 fully saturated rings. The Hall–Kier alpha value is -1.07. The highest BCUT2D eigenvalue weighted by Gasteiger charge is 2.17. The number of rotatable bonds is 3. The van der Waals surface area contributed by atoms with Crippen LogP contribution in [0.4, 0.5) is 10.1 Å². The second-order valence-electron chi connectivity index (χ2n) is 4.44. The molecule has 1 atom stereocenters. The number of amides is 1. The number of anilines is 1. The number of nitrogens with one attached hydrogen (secondary N) is 2. The average molecular weight is 268 g/mol. The molecule has 0 radical (unpaired) electrons. The van der Waals surface area contributed by atoms with E-state index in [9.17, 15) is 9.18 Å². The topological polar surface area (TPSA) is 41.1 Å². The van der Waals surface area contributed by atoms with Crippen LogP contribution in [-0.2, 0) is 4.79 Å². The van der Waals surface area contributed by atoms with E-state index in [0.29, 0.717) is 12.1 Å². The monoisotopic (exact) mass is 268 g/mol. The lowest BCUT2D eigenvalue weighted by Crippen LogP contribution is -2.39. The van der Waals surface area contributed by atoms with Crippen molar-refractivity contribution in [1.82, 2.24) is 5.32 Å². The van der Waals surface area contributed by atoms with Crippen molar-refractivity contribution in [1.29, 1.82) is 0 Å². The van der Waals surface area contributed by atoms with Crippen LogP contribution in [0, 0.1) is 12.7 Å². The van der Waals surface area contributed by atoms with E-state index < -0.39 is 0 Å². The summed E-state index contributed by atoms with van der Waals surface area (Å²) in [5.41, 5.74) is 1.43. The molecule has 0 saturated carbocycles. The van der Waals surface area contributed by atoms with Crippen molar-refractivity contribution in [2.24, 2.45) is 0 Å². The zero-order valence-corrected chi connectivity index (χ0v) is 11.1. The average Bonchev–Trinajstić information content (AvgIpc) is 2.35. The third-order valence-electron chi connectivity index (χ3n) is 2.90. The molecular formula is C13H17FN2OS. The zero-order valence-electron chi connectivity index (χ0n) is 10.3. The smallest absolute Gasteiger partial charge is 0.225 e. The van der Waals surface area contributed by atoms with E-state index in [1.807, 2.05) is 18.7 Å². The molecule has 0 aliphatic carbocycles. The van der Waals surface area contributed by atoms with Gasteiger partial charge in [-0.2, -0.15) is 11.8 Å². The van der Waals surface area contributed by atoms with Crippen molar-refractivity contribution >= 4 is 23.4 Å². The van der Waals surface area contributed by atoms with Crippen molar-refractivity contribution in [2.75, 3.05) is 23.4 Å². The quantitative estimate of drug-likeness (QED) is 0.882. The van der Waals surface area contributed by atoms with Crippen molar-refractivity contribution in [3.8, 4) is 0 Å². The molecule has 1 amide bonds. The Bertz CT molecular complexity index is 433. The van der Waals surface area contributed by atoms with E-state index in [0.717, 1.165) is 23.6 Å². The molecule has 0 bridgehead atoms.